The van der Waals surface area contributed by atoms with Gasteiger partial charge in [-0.05, 0) is 37.5 Å². The molecule has 1 aromatic rings. The van der Waals surface area contributed by atoms with Crippen LogP contribution in [0.3, 0.4) is 0 Å². The lowest BCUT2D eigenvalue weighted by Gasteiger charge is -2.31. The molecule has 1 saturated heterocycles. The second-order valence-electron chi connectivity index (χ2n) is 4.94. The van der Waals surface area contributed by atoms with Crippen LogP contribution in [0.4, 0.5) is 0 Å². The number of hydrogen-bond donors (Lipinski definition) is 1. The van der Waals surface area contributed by atoms with Gasteiger partial charge in [0.25, 0.3) is 0 Å². The molecule has 2 rings (SSSR count). The second-order valence-corrected chi connectivity index (χ2v) is 6.98. The topological polar surface area (TPSA) is 63.4 Å². The van der Waals surface area contributed by atoms with Gasteiger partial charge in [-0.2, -0.15) is 4.31 Å². The molecule has 1 fully saturated rings. The lowest BCUT2D eigenvalue weighted by atomic mass is 10.1. The maximum atomic E-state index is 12.1. The van der Waals surface area contributed by atoms with Crippen molar-refractivity contribution in [2.75, 3.05) is 18.8 Å². The fourth-order valence-electron chi connectivity index (χ4n) is 2.44. The van der Waals surface area contributed by atoms with E-state index in [4.69, 9.17) is 5.73 Å². The van der Waals surface area contributed by atoms with E-state index < -0.39 is 10.0 Å². The summed E-state index contributed by atoms with van der Waals surface area (Å²) in [5.74, 6) is 6.05. The molecule has 5 heteroatoms. The van der Waals surface area contributed by atoms with Gasteiger partial charge in [0.2, 0.25) is 10.0 Å². The van der Waals surface area contributed by atoms with Crippen LogP contribution in [0.25, 0.3) is 0 Å². The van der Waals surface area contributed by atoms with Crippen LogP contribution in [0.15, 0.2) is 24.3 Å². The molecular formula is C15H20N2O2S. The van der Waals surface area contributed by atoms with Gasteiger partial charge >= 0.3 is 0 Å². The zero-order chi connectivity index (χ0) is 14.6. The Kier molecular flexibility index (Phi) is 4.81. The van der Waals surface area contributed by atoms with Gasteiger partial charge in [0.05, 0.1) is 12.3 Å². The highest BCUT2D eigenvalue weighted by molar-refractivity contribution is 7.89. The van der Waals surface area contributed by atoms with E-state index >= 15 is 0 Å². The molecule has 108 valence electrons. The summed E-state index contributed by atoms with van der Waals surface area (Å²) in [5, 5.41) is 0. The van der Waals surface area contributed by atoms with Crippen molar-refractivity contribution in [1.29, 1.82) is 0 Å². The number of rotatable bonds is 2. The Hall–Kier alpha value is -1.35. The van der Waals surface area contributed by atoms with Crippen molar-refractivity contribution in [3.8, 4) is 11.8 Å². The van der Waals surface area contributed by atoms with Crippen LogP contribution in [0.1, 0.15) is 36.9 Å². The second kappa shape index (κ2) is 6.40. The fraction of sp³-hybridized carbons (Fsp3) is 0.467. The largest absolute Gasteiger partial charge is 0.320 e. The minimum atomic E-state index is -3.12. The van der Waals surface area contributed by atoms with Gasteiger partial charge in [0.15, 0.2) is 0 Å². The third-order valence-corrected chi connectivity index (χ3v) is 5.54. The van der Waals surface area contributed by atoms with Crippen LogP contribution in [0, 0.1) is 11.8 Å². The van der Waals surface area contributed by atoms with E-state index in [0.29, 0.717) is 13.1 Å². The summed E-state index contributed by atoms with van der Waals surface area (Å²) in [6.07, 6.45) is 1.68. The molecule has 1 aromatic carbocycles. The highest BCUT2D eigenvalue weighted by Crippen LogP contribution is 2.27. The van der Waals surface area contributed by atoms with E-state index in [1.54, 1.807) is 4.31 Å². The summed E-state index contributed by atoms with van der Waals surface area (Å²) in [4.78, 5) is 0. The molecule has 0 spiro atoms. The summed E-state index contributed by atoms with van der Waals surface area (Å²) in [6.45, 7) is 2.85. The van der Waals surface area contributed by atoms with Crippen LogP contribution in [0.5, 0.6) is 0 Å². The van der Waals surface area contributed by atoms with Crippen LogP contribution in [0.2, 0.25) is 0 Å². The molecular weight excluding hydrogens is 272 g/mol. The summed E-state index contributed by atoms with van der Waals surface area (Å²) < 4.78 is 25.9. The van der Waals surface area contributed by atoms with Gasteiger partial charge in [-0.1, -0.05) is 24.0 Å². The van der Waals surface area contributed by atoms with Crippen molar-refractivity contribution < 1.29 is 8.42 Å². The van der Waals surface area contributed by atoms with Crippen molar-refractivity contribution >= 4 is 10.0 Å². The quantitative estimate of drug-likeness (QED) is 0.840. The van der Waals surface area contributed by atoms with Gasteiger partial charge in [-0.15, -0.1) is 0 Å². The first-order chi connectivity index (χ1) is 9.54. The van der Waals surface area contributed by atoms with Crippen LogP contribution >= 0.6 is 0 Å². The predicted octanol–water partition coefficient (Wildman–Crippen LogP) is 1.48. The van der Waals surface area contributed by atoms with Gasteiger partial charge in [0, 0.05) is 18.2 Å². The molecule has 20 heavy (non-hydrogen) atoms. The first kappa shape index (κ1) is 15.0. The maximum absolute atomic E-state index is 12.1. The predicted molar refractivity (Wildman–Crippen MR) is 80.5 cm³/mol. The molecule has 1 aliphatic heterocycles. The smallest absolute Gasteiger partial charge is 0.214 e. The molecule has 1 heterocycles. The average molecular weight is 292 g/mol. The molecule has 2 N–H and O–H groups in total. The molecule has 0 aromatic heterocycles. The van der Waals surface area contributed by atoms with Gasteiger partial charge in [-0.3, -0.25) is 0 Å². The molecule has 1 atom stereocenters. The molecule has 0 bridgehead atoms. The minimum absolute atomic E-state index is 0.153. The highest BCUT2D eigenvalue weighted by Gasteiger charge is 2.30. The Balaban J connectivity index is 2.26. The summed E-state index contributed by atoms with van der Waals surface area (Å²) >= 11 is 0. The number of nitrogens with zero attached hydrogens (tertiary/aromatic N) is 1. The zero-order valence-electron chi connectivity index (χ0n) is 11.7. The van der Waals surface area contributed by atoms with Gasteiger partial charge in [-0.25, -0.2) is 8.42 Å². The SMILES string of the molecule is CC(c1cccc(C#CCN)c1)N1CCCCS1(=O)=O. The van der Waals surface area contributed by atoms with Crippen molar-refractivity contribution in [3.63, 3.8) is 0 Å². The number of hydrogen-bond acceptors (Lipinski definition) is 3. The molecule has 0 aliphatic carbocycles. The molecule has 4 nitrogen and oxygen atoms in total. The number of benzene rings is 1. The Morgan fingerprint density at radius 2 is 2.20 bits per heavy atom. The van der Waals surface area contributed by atoms with Gasteiger partial charge in [0.1, 0.15) is 0 Å². The Morgan fingerprint density at radius 3 is 2.90 bits per heavy atom. The number of sulfonamides is 1. The number of nitrogens with two attached hydrogens (primary N) is 1. The van der Waals surface area contributed by atoms with E-state index in [1.165, 1.54) is 0 Å². The van der Waals surface area contributed by atoms with Gasteiger partial charge < -0.3 is 5.73 Å². The molecule has 0 saturated carbocycles. The zero-order valence-corrected chi connectivity index (χ0v) is 12.5. The third-order valence-electron chi connectivity index (χ3n) is 3.52. The van der Waals surface area contributed by atoms with E-state index in [1.807, 2.05) is 31.2 Å². The average Bonchev–Trinajstić information content (AvgIpc) is 2.44. The summed E-state index contributed by atoms with van der Waals surface area (Å²) in [5.41, 5.74) is 7.21. The lowest BCUT2D eigenvalue weighted by molar-refractivity contribution is 0.322. The van der Waals surface area contributed by atoms with Crippen molar-refractivity contribution in [2.45, 2.75) is 25.8 Å². The monoisotopic (exact) mass is 292 g/mol. The van der Waals surface area contributed by atoms with E-state index in [9.17, 15) is 8.42 Å². The van der Waals surface area contributed by atoms with Crippen molar-refractivity contribution in [3.05, 3.63) is 35.4 Å². The van der Waals surface area contributed by atoms with Crippen LogP contribution < -0.4 is 5.73 Å². The van der Waals surface area contributed by atoms with E-state index in [-0.39, 0.29) is 11.8 Å². The Morgan fingerprint density at radius 1 is 1.40 bits per heavy atom. The first-order valence-electron chi connectivity index (χ1n) is 6.83. The summed E-state index contributed by atoms with van der Waals surface area (Å²) in [6, 6.07) is 7.55. The maximum Gasteiger partial charge on any atom is 0.214 e. The fourth-order valence-corrected chi connectivity index (χ4v) is 4.25. The molecule has 1 unspecified atom stereocenters. The molecule has 1 aliphatic rings. The molecule has 0 radical (unpaired) electrons. The standard InChI is InChI=1S/C15H20N2O2S/c1-13(17-10-2-3-11-20(17,18)19)15-8-4-6-14(12-15)7-5-9-16/h4,6,8,12-13H,2-3,9-11,16H2,1H3. The van der Waals surface area contributed by atoms with Crippen LogP contribution in [-0.4, -0.2) is 31.6 Å². The van der Waals surface area contributed by atoms with Crippen molar-refractivity contribution in [2.24, 2.45) is 5.73 Å². The molecule has 0 amide bonds. The lowest BCUT2D eigenvalue weighted by Crippen LogP contribution is -2.39. The minimum Gasteiger partial charge on any atom is -0.320 e. The third kappa shape index (κ3) is 3.40. The Bertz CT molecular complexity index is 629. The Labute approximate surface area is 121 Å². The van der Waals surface area contributed by atoms with E-state index in [0.717, 1.165) is 24.0 Å². The first-order valence-corrected chi connectivity index (χ1v) is 8.44. The normalized spacial score (nSPS) is 19.9. The summed E-state index contributed by atoms with van der Waals surface area (Å²) in [7, 11) is -3.12. The van der Waals surface area contributed by atoms with Crippen molar-refractivity contribution in [1.82, 2.24) is 4.31 Å². The van der Waals surface area contributed by atoms with Crippen LogP contribution in [-0.2, 0) is 10.0 Å². The highest BCUT2D eigenvalue weighted by atomic mass is 32.2. The van der Waals surface area contributed by atoms with E-state index in [2.05, 4.69) is 11.8 Å².